The van der Waals surface area contributed by atoms with Crippen LogP contribution in [0.5, 0.6) is 0 Å². The van der Waals surface area contributed by atoms with Crippen LogP contribution >= 0.6 is 0 Å². The van der Waals surface area contributed by atoms with Crippen molar-refractivity contribution in [3.05, 3.63) is 35.4 Å². The number of carbonyl (C=O) groups excluding carboxylic acids is 2. The van der Waals surface area contributed by atoms with Gasteiger partial charge in [-0.3, -0.25) is 4.79 Å². The molecule has 6 heteroatoms. The SMILES string of the molecule is CCCNC(=O)N1CCCN(C(=O)c2cccc(C#N)c2)CC1. The first-order valence-corrected chi connectivity index (χ1v) is 7.98. The molecule has 0 bridgehead atoms. The lowest BCUT2D eigenvalue weighted by Gasteiger charge is -2.22. The Kier molecular flexibility index (Phi) is 5.98. The molecule has 1 saturated heterocycles. The molecule has 3 amide bonds. The molecule has 6 nitrogen and oxygen atoms in total. The summed E-state index contributed by atoms with van der Waals surface area (Å²) in [6.45, 7) is 4.98. The highest BCUT2D eigenvalue weighted by Gasteiger charge is 2.22. The molecule has 1 aliphatic rings. The fourth-order valence-corrected chi connectivity index (χ4v) is 2.57. The van der Waals surface area contributed by atoms with Gasteiger partial charge in [-0.25, -0.2) is 4.79 Å². The van der Waals surface area contributed by atoms with Crippen molar-refractivity contribution < 1.29 is 9.59 Å². The third-order valence-electron chi connectivity index (χ3n) is 3.84. The maximum absolute atomic E-state index is 12.6. The average molecular weight is 314 g/mol. The lowest BCUT2D eigenvalue weighted by molar-refractivity contribution is 0.0762. The van der Waals surface area contributed by atoms with Gasteiger partial charge in [-0.15, -0.1) is 0 Å². The van der Waals surface area contributed by atoms with Crippen molar-refractivity contribution in [2.24, 2.45) is 0 Å². The fourth-order valence-electron chi connectivity index (χ4n) is 2.57. The van der Waals surface area contributed by atoms with Gasteiger partial charge < -0.3 is 15.1 Å². The molecule has 0 saturated carbocycles. The summed E-state index contributed by atoms with van der Waals surface area (Å²) in [6.07, 6.45) is 1.66. The van der Waals surface area contributed by atoms with Crippen LogP contribution in [-0.4, -0.2) is 54.5 Å². The largest absolute Gasteiger partial charge is 0.338 e. The number of nitriles is 1. The summed E-state index contributed by atoms with van der Waals surface area (Å²) in [6, 6.07) is 8.71. The van der Waals surface area contributed by atoms with E-state index in [0.717, 1.165) is 12.8 Å². The Morgan fingerprint density at radius 1 is 1.22 bits per heavy atom. The third kappa shape index (κ3) is 4.46. The number of amides is 3. The lowest BCUT2D eigenvalue weighted by atomic mass is 10.1. The fraction of sp³-hybridized carbons (Fsp3) is 0.471. The minimum Gasteiger partial charge on any atom is -0.338 e. The van der Waals surface area contributed by atoms with Gasteiger partial charge in [-0.1, -0.05) is 13.0 Å². The van der Waals surface area contributed by atoms with Gasteiger partial charge in [0.1, 0.15) is 0 Å². The molecular weight excluding hydrogens is 292 g/mol. The molecule has 2 rings (SSSR count). The molecule has 1 N–H and O–H groups in total. The first-order chi connectivity index (χ1) is 11.2. The Hall–Kier alpha value is -2.55. The van der Waals surface area contributed by atoms with Crippen LogP contribution in [0.15, 0.2) is 24.3 Å². The zero-order chi connectivity index (χ0) is 16.7. The molecule has 1 fully saturated rings. The van der Waals surface area contributed by atoms with E-state index in [1.165, 1.54) is 0 Å². The zero-order valence-electron chi connectivity index (χ0n) is 13.4. The second-order valence-electron chi connectivity index (χ2n) is 5.56. The topological polar surface area (TPSA) is 76.4 Å². The van der Waals surface area contributed by atoms with Crippen LogP contribution in [0.3, 0.4) is 0 Å². The molecule has 1 aromatic carbocycles. The van der Waals surface area contributed by atoms with Crippen molar-refractivity contribution in [3.63, 3.8) is 0 Å². The normalized spacial score (nSPS) is 14.8. The molecular formula is C17H22N4O2. The van der Waals surface area contributed by atoms with E-state index in [4.69, 9.17) is 5.26 Å². The van der Waals surface area contributed by atoms with E-state index >= 15 is 0 Å². The van der Waals surface area contributed by atoms with E-state index in [1.807, 2.05) is 13.0 Å². The minimum absolute atomic E-state index is 0.0624. The van der Waals surface area contributed by atoms with Crippen molar-refractivity contribution in [3.8, 4) is 6.07 Å². The molecule has 0 unspecified atom stereocenters. The van der Waals surface area contributed by atoms with Gasteiger partial charge in [0.05, 0.1) is 11.6 Å². The van der Waals surface area contributed by atoms with Gasteiger partial charge in [0, 0.05) is 38.3 Å². The van der Waals surface area contributed by atoms with Crippen LogP contribution in [0.4, 0.5) is 4.79 Å². The predicted molar refractivity (Wildman–Crippen MR) is 86.9 cm³/mol. The molecule has 1 heterocycles. The Labute approximate surface area is 136 Å². The molecule has 1 aliphatic heterocycles. The molecule has 0 aliphatic carbocycles. The van der Waals surface area contributed by atoms with Crippen LogP contribution in [0, 0.1) is 11.3 Å². The van der Waals surface area contributed by atoms with Crippen LogP contribution in [0.2, 0.25) is 0 Å². The standard InChI is InChI=1S/C17H22N4O2/c1-2-7-19-17(23)21-9-4-8-20(10-11-21)16(22)15-6-3-5-14(12-15)13-18/h3,5-6,12H,2,4,7-11H2,1H3,(H,19,23). The maximum Gasteiger partial charge on any atom is 0.317 e. The first-order valence-electron chi connectivity index (χ1n) is 7.98. The minimum atomic E-state index is -0.0853. The number of hydrogen-bond acceptors (Lipinski definition) is 3. The monoisotopic (exact) mass is 314 g/mol. The molecule has 0 atom stereocenters. The number of benzene rings is 1. The van der Waals surface area contributed by atoms with Crippen molar-refractivity contribution in [1.82, 2.24) is 15.1 Å². The number of nitrogens with zero attached hydrogens (tertiary/aromatic N) is 3. The van der Waals surface area contributed by atoms with Crippen LogP contribution < -0.4 is 5.32 Å². The molecule has 122 valence electrons. The van der Waals surface area contributed by atoms with Gasteiger partial charge >= 0.3 is 6.03 Å². The van der Waals surface area contributed by atoms with Crippen molar-refractivity contribution in [2.45, 2.75) is 19.8 Å². The number of urea groups is 1. The molecule has 1 aromatic rings. The summed E-state index contributed by atoms with van der Waals surface area (Å²) in [5.74, 6) is -0.0853. The van der Waals surface area contributed by atoms with E-state index in [9.17, 15) is 9.59 Å². The Morgan fingerprint density at radius 2 is 1.96 bits per heavy atom. The van der Waals surface area contributed by atoms with E-state index in [0.29, 0.717) is 43.9 Å². The Morgan fingerprint density at radius 3 is 2.70 bits per heavy atom. The smallest absolute Gasteiger partial charge is 0.317 e. The van der Waals surface area contributed by atoms with Gasteiger partial charge in [0.15, 0.2) is 0 Å². The maximum atomic E-state index is 12.6. The highest BCUT2D eigenvalue weighted by atomic mass is 16.2. The molecule has 0 radical (unpaired) electrons. The number of carbonyl (C=O) groups is 2. The van der Waals surface area contributed by atoms with Gasteiger partial charge in [-0.05, 0) is 31.0 Å². The molecule has 0 spiro atoms. The summed E-state index contributed by atoms with van der Waals surface area (Å²) in [7, 11) is 0. The molecule has 0 aromatic heterocycles. The predicted octanol–water partition coefficient (Wildman–Crippen LogP) is 1.83. The second kappa shape index (κ2) is 8.18. The van der Waals surface area contributed by atoms with Crippen LogP contribution in [-0.2, 0) is 0 Å². The number of hydrogen-bond donors (Lipinski definition) is 1. The number of rotatable bonds is 3. The summed E-state index contributed by atoms with van der Waals surface area (Å²) in [5.41, 5.74) is 0.999. The van der Waals surface area contributed by atoms with E-state index in [2.05, 4.69) is 5.32 Å². The summed E-state index contributed by atoms with van der Waals surface area (Å²) >= 11 is 0. The van der Waals surface area contributed by atoms with Crippen molar-refractivity contribution >= 4 is 11.9 Å². The Bertz CT molecular complexity index is 609. The first kappa shape index (κ1) is 16.8. The summed E-state index contributed by atoms with van der Waals surface area (Å²) < 4.78 is 0. The second-order valence-corrected chi connectivity index (χ2v) is 5.56. The van der Waals surface area contributed by atoms with E-state index in [-0.39, 0.29) is 11.9 Å². The third-order valence-corrected chi connectivity index (χ3v) is 3.84. The van der Waals surface area contributed by atoms with Gasteiger partial charge in [0.25, 0.3) is 5.91 Å². The van der Waals surface area contributed by atoms with Crippen LogP contribution in [0.25, 0.3) is 0 Å². The van der Waals surface area contributed by atoms with E-state index < -0.39 is 0 Å². The summed E-state index contributed by atoms with van der Waals surface area (Å²) in [5, 5.41) is 11.8. The molecule has 23 heavy (non-hydrogen) atoms. The highest BCUT2D eigenvalue weighted by Crippen LogP contribution is 2.11. The summed E-state index contributed by atoms with van der Waals surface area (Å²) in [4.78, 5) is 28.1. The number of nitrogens with one attached hydrogen (secondary N) is 1. The quantitative estimate of drug-likeness (QED) is 0.924. The lowest BCUT2D eigenvalue weighted by Crippen LogP contribution is -2.42. The highest BCUT2D eigenvalue weighted by molar-refractivity contribution is 5.94. The average Bonchev–Trinajstić information content (AvgIpc) is 2.85. The Balaban J connectivity index is 1.98. The van der Waals surface area contributed by atoms with Crippen molar-refractivity contribution in [2.75, 3.05) is 32.7 Å². The van der Waals surface area contributed by atoms with Gasteiger partial charge in [0.2, 0.25) is 0 Å². The van der Waals surface area contributed by atoms with Crippen molar-refractivity contribution in [1.29, 1.82) is 5.26 Å². The van der Waals surface area contributed by atoms with Crippen LogP contribution in [0.1, 0.15) is 35.7 Å². The van der Waals surface area contributed by atoms with Gasteiger partial charge in [-0.2, -0.15) is 5.26 Å². The zero-order valence-corrected chi connectivity index (χ0v) is 13.4. The van der Waals surface area contributed by atoms with E-state index in [1.54, 1.807) is 34.1 Å².